The van der Waals surface area contributed by atoms with E-state index in [9.17, 15) is 0 Å². The molecule has 2 heterocycles. The fourth-order valence-corrected chi connectivity index (χ4v) is 3.49. The van der Waals surface area contributed by atoms with Crippen LogP contribution in [0, 0.1) is 5.92 Å². The Morgan fingerprint density at radius 1 is 1.26 bits per heavy atom. The van der Waals surface area contributed by atoms with Gasteiger partial charge in [0.05, 0.1) is 0 Å². The largest absolute Gasteiger partial charge is 0.454 e. The lowest BCUT2D eigenvalue weighted by Crippen LogP contribution is -2.43. The second kappa shape index (κ2) is 5.04. The second-order valence-electron chi connectivity index (χ2n) is 6.27. The van der Waals surface area contributed by atoms with E-state index in [0.717, 1.165) is 30.4 Å². The van der Waals surface area contributed by atoms with Crippen molar-refractivity contribution in [1.82, 2.24) is 5.32 Å². The Kier molecular flexibility index (Phi) is 3.40. The van der Waals surface area contributed by atoms with Crippen molar-refractivity contribution in [3.8, 4) is 11.5 Å². The van der Waals surface area contributed by atoms with E-state index >= 15 is 0 Å². The molecule has 3 heteroatoms. The summed E-state index contributed by atoms with van der Waals surface area (Å²) in [6.45, 7) is 6.12. The third-order valence-corrected chi connectivity index (χ3v) is 4.11. The molecule has 1 fully saturated rings. The molecule has 104 valence electrons. The Hall–Kier alpha value is -1.22. The first-order chi connectivity index (χ1) is 9.17. The molecule has 0 amide bonds. The predicted octanol–water partition coefficient (Wildman–Crippen LogP) is 3.13. The molecule has 1 saturated heterocycles. The summed E-state index contributed by atoms with van der Waals surface area (Å²) in [6.07, 6.45) is 4.89. The molecule has 1 aromatic rings. The minimum Gasteiger partial charge on any atom is -0.454 e. The van der Waals surface area contributed by atoms with Gasteiger partial charge >= 0.3 is 0 Å². The smallest absolute Gasteiger partial charge is 0.231 e. The van der Waals surface area contributed by atoms with Crippen LogP contribution in [0.2, 0.25) is 0 Å². The maximum absolute atomic E-state index is 5.47. The molecule has 2 aliphatic rings. The Balaban J connectivity index is 1.78. The fraction of sp³-hybridized carbons (Fsp3) is 0.625. The highest BCUT2D eigenvalue weighted by atomic mass is 16.7. The molecule has 0 saturated carbocycles. The maximum Gasteiger partial charge on any atom is 0.231 e. The third-order valence-electron chi connectivity index (χ3n) is 4.11. The summed E-state index contributed by atoms with van der Waals surface area (Å²) < 4.78 is 10.9. The van der Waals surface area contributed by atoms with E-state index in [1.165, 1.54) is 24.8 Å². The highest BCUT2D eigenvalue weighted by Crippen LogP contribution is 2.36. The summed E-state index contributed by atoms with van der Waals surface area (Å²) in [5.74, 6) is 2.50. The number of fused-ring (bicyclic) bond motifs is 1. The van der Waals surface area contributed by atoms with Gasteiger partial charge < -0.3 is 14.8 Å². The summed E-state index contributed by atoms with van der Waals surface area (Å²) in [5.41, 5.74) is 1.63. The average Bonchev–Trinajstić information content (AvgIpc) is 2.97. The van der Waals surface area contributed by atoms with E-state index < -0.39 is 0 Å². The number of benzene rings is 1. The molecule has 0 aliphatic carbocycles. The molecule has 0 bridgehead atoms. The minimum absolute atomic E-state index is 0.280. The van der Waals surface area contributed by atoms with Crippen LogP contribution in [0.5, 0.6) is 11.5 Å². The van der Waals surface area contributed by atoms with Crippen LogP contribution in [0.3, 0.4) is 0 Å². The maximum atomic E-state index is 5.47. The van der Waals surface area contributed by atoms with Crippen molar-refractivity contribution in [2.24, 2.45) is 5.92 Å². The zero-order valence-corrected chi connectivity index (χ0v) is 11.9. The summed E-state index contributed by atoms with van der Waals surface area (Å²) in [5, 5.41) is 3.75. The highest BCUT2D eigenvalue weighted by Gasteiger charge is 2.34. The van der Waals surface area contributed by atoms with Gasteiger partial charge in [0, 0.05) is 5.54 Å². The molecule has 0 spiro atoms. The van der Waals surface area contributed by atoms with Gasteiger partial charge in [-0.3, -0.25) is 0 Å². The van der Waals surface area contributed by atoms with Gasteiger partial charge in [-0.25, -0.2) is 0 Å². The van der Waals surface area contributed by atoms with Crippen molar-refractivity contribution in [3.05, 3.63) is 23.8 Å². The van der Waals surface area contributed by atoms with Gasteiger partial charge in [0.2, 0.25) is 6.79 Å². The molecule has 1 N–H and O–H groups in total. The zero-order chi connectivity index (χ0) is 13.3. The van der Waals surface area contributed by atoms with E-state index in [-0.39, 0.29) is 5.54 Å². The van der Waals surface area contributed by atoms with Gasteiger partial charge in [0.1, 0.15) is 0 Å². The Morgan fingerprint density at radius 2 is 2.11 bits per heavy atom. The number of nitrogens with one attached hydrogen (secondary N) is 1. The van der Waals surface area contributed by atoms with Gasteiger partial charge in [-0.1, -0.05) is 19.9 Å². The number of ether oxygens (including phenoxy) is 2. The van der Waals surface area contributed by atoms with Crippen molar-refractivity contribution in [1.29, 1.82) is 0 Å². The summed E-state index contributed by atoms with van der Waals surface area (Å²) in [4.78, 5) is 0. The van der Waals surface area contributed by atoms with Crippen molar-refractivity contribution in [2.45, 2.75) is 45.1 Å². The Morgan fingerprint density at radius 3 is 2.84 bits per heavy atom. The number of hydrogen-bond acceptors (Lipinski definition) is 3. The molecule has 1 unspecified atom stereocenters. The van der Waals surface area contributed by atoms with E-state index in [1.807, 2.05) is 6.07 Å². The summed E-state index contributed by atoms with van der Waals surface area (Å²) in [6, 6.07) is 6.36. The van der Waals surface area contributed by atoms with E-state index in [1.54, 1.807) is 0 Å². The first-order valence-corrected chi connectivity index (χ1v) is 7.30. The lowest BCUT2D eigenvalue weighted by atomic mass is 9.82. The zero-order valence-electron chi connectivity index (χ0n) is 11.9. The highest BCUT2D eigenvalue weighted by molar-refractivity contribution is 5.44. The van der Waals surface area contributed by atoms with Gasteiger partial charge in [-0.05, 0) is 55.8 Å². The van der Waals surface area contributed by atoms with Crippen LogP contribution in [-0.4, -0.2) is 18.9 Å². The van der Waals surface area contributed by atoms with Crippen LogP contribution in [0.1, 0.15) is 38.7 Å². The molecule has 0 aromatic heterocycles. The van der Waals surface area contributed by atoms with Gasteiger partial charge in [0.25, 0.3) is 0 Å². The quantitative estimate of drug-likeness (QED) is 0.903. The van der Waals surface area contributed by atoms with Crippen LogP contribution < -0.4 is 14.8 Å². The minimum atomic E-state index is 0.280. The summed E-state index contributed by atoms with van der Waals surface area (Å²) >= 11 is 0. The Bertz CT molecular complexity index is 450. The first-order valence-electron chi connectivity index (χ1n) is 7.30. The van der Waals surface area contributed by atoms with E-state index in [4.69, 9.17) is 9.47 Å². The monoisotopic (exact) mass is 261 g/mol. The Labute approximate surface area is 115 Å². The first kappa shape index (κ1) is 12.8. The number of hydrogen-bond donors (Lipinski definition) is 1. The molecule has 3 nitrogen and oxygen atoms in total. The van der Waals surface area contributed by atoms with E-state index in [2.05, 4.69) is 31.3 Å². The van der Waals surface area contributed by atoms with Crippen molar-refractivity contribution in [3.63, 3.8) is 0 Å². The van der Waals surface area contributed by atoms with Crippen molar-refractivity contribution < 1.29 is 9.47 Å². The molecule has 2 aliphatic heterocycles. The molecular weight excluding hydrogens is 238 g/mol. The van der Waals surface area contributed by atoms with Crippen LogP contribution in [0.15, 0.2) is 18.2 Å². The van der Waals surface area contributed by atoms with Crippen LogP contribution >= 0.6 is 0 Å². The summed E-state index contributed by atoms with van der Waals surface area (Å²) in [7, 11) is 0. The van der Waals surface area contributed by atoms with Crippen molar-refractivity contribution in [2.75, 3.05) is 13.3 Å². The van der Waals surface area contributed by atoms with E-state index in [0.29, 0.717) is 6.79 Å². The predicted molar refractivity (Wildman–Crippen MR) is 75.7 cm³/mol. The molecule has 3 rings (SSSR count). The van der Waals surface area contributed by atoms with Gasteiger partial charge in [0.15, 0.2) is 11.5 Å². The molecule has 1 atom stereocenters. The molecular formula is C16H23NO2. The topological polar surface area (TPSA) is 30.5 Å². The standard InChI is InChI=1S/C16H23NO2/c1-12(2)9-16(6-3-7-17-16)10-13-4-5-14-15(8-13)19-11-18-14/h4-5,8,12,17H,3,6-7,9-11H2,1-2H3. The van der Waals surface area contributed by atoms with Crippen LogP contribution in [0.4, 0.5) is 0 Å². The molecule has 0 radical (unpaired) electrons. The fourth-order valence-electron chi connectivity index (χ4n) is 3.49. The van der Waals surface area contributed by atoms with Crippen LogP contribution in [-0.2, 0) is 6.42 Å². The van der Waals surface area contributed by atoms with Crippen molar-refractivity contribution >= 4 is 0 Å². The normalized spacial score (nSPS) is 25.2. The SMILES string of the molecule is CC(C)CC1(Cc2ccc3c(c2)OCO3)CCCN1. The lowest BCUT2D eigenvalue weighted by Gasteiger charge is -2.31. The van der Waals surface area contributed by atoms with Gasteiger partial charge in [-0.15, -0.1) is 0 Å². The molecule has 19 heavy (non-hydrogen) atoms. The third kappa shape index (κ3) is 2.71. The average molecular weight is 261 g/mol. The lowest BCUT2D eigenvalue weighted by molar-refractivity contribution is 0.174. The molecule has 1 aromatic carbocycles. The van der Waals surface area contributed by atoms with Crippen LogP contribution in [0.25, 0.3) is 0 Å². The second-order valence-corrected chi connectivity index (χ2v) is 6.27. The van der Waals surface area contributed by atoms with Gasteiger partial charge in [-0.2, -0.15) is 0 Å². The number of rotatable bonds is 4.